The van der Waals surface area contributed by atoms with Gasteiger partial charge in [-0.15, -0.1) is 0 Å². The van der Waals surface area contributed by atoms with Gasteiger partial charge in [-0.05, 0) is 26.0 Å². The van der Waals surface area contributed by atoms with E-state index in [1.807, 2.05) is 0 Å². The number of carboxylic acids is 1. The number of aliphatic carboxylic acids is 1. The summed E-state index contributed by atoms with van der Waals surface area (Å²) in [4.78, 5) is 33.8. The van der Waals surface area contributed by atoms with E-state index in [2.05, 4.69) is 15.4 Å². The number of nitrogens with one attached hydrogen (secondary N) is 2. The van der Waals surface area contributed by atoms with E-state index >= 15 is 0 Å². The molecule has 2 atom stereocenters. The van der Waals surface area contributed by atoms with Crippen molar-refractivity contribution in [3.63, 3.8) is 0 Å². The summed E-state index contributed by atoms with van der Waals surface area (Å²) in [5.41, 5.74) is 0. The number of aryl methyl sites for hydroxylation is 1. The van der Waals surface area contributed by atoms with Gasteiger partial charge < -0.3 is 24.9 Å². The van der Waals surface area contributed by atoms with Crippen molar-refractivity contribution in [2.45, 2.75) is 32.4 Å². The molecule has 8 nitrogen and oxygen atoms in total. The van der Waals surface area contributed by atoms with Crippen LogP contribution in [0.5, 0.6) is 0 Å². The number of rotatable bonds is 6. The highest BCUT2D eigenvalue weighted by Gasteiger charge is 2.24. The second-order valence-electron chi connectivity index (χ2n) is 4.46. The number of carboxylic acid groups (broad SMARTS) is 1. The van der Waals surface area contributed by atoms with Crippen molar-refractivity contribution in [3.05, 3.63) is 23.7 Å². The smallest absolute Gasteiger partial charge is 0.326 e. The second-order valence-corrected chi connectivity index (χ2v) is 4.46. The fraction of sp³-hybridized carbons (Fsp3) is 0.462. The van der Waals surface area contributed by atoms with E-state index in [4.69, 9.17) is 9.52 Å². The average Bonchev–Trinajstić information content (AvgIpc) is 2.84. The number of hydrogen-bond donors (Lipinski definition) is 3. The zero-order valence-corrected chi connectivity index (χ0v) is 12.0. The maximum atomic E-state index is 11.7. The van der Waals surface area contributed by atoms with Crippen LogP contribution in [0.2, 0.25) is 0 Å². The first-order chi connectivity index (χ1) is 9.83. The molecule has 0 fully saturated rings. The Morgan fingerprint density at radius 3 is 2.48 bits per heavy atom. The summed E-state index contributed by atoms with van der Waals surface area (Å²) in [7, 11) is 1.14. The van der Waals surface area contributed by atoms with Crippen LogP contribution in [0.1, 0.15) is 30.9 Å². The van der Waals surface area contributed by atoms with Crippen molar-refractivity contribution in [2.75, 3.05) is 7.11 Å². The van der Waals surface area contributed by atoms with E-state index in [-0.39, 0.29) is 0 Å². The van der Waals surface area contributed by atoms with Crippen LogP contribution < -0.4 is 10.6 Å². The van der Waals surface area contributed by atoms with Gasteiger partial charge in [0.05, 0.1) is 19.6 Å². The standard InChI is InChI=1S/C13H18N2O6/c1-7-4-5-10(21-7)8(2)14-13(19)15-9(12(17)18)6-11(16)20-3/h4-5,8-9H,6H2,1-3H3,(H,17,18)(H2,14,15,19)/t8?,9-/m0/s1. The summed E-state index contributed by atoms with van der Waals surface area (Å²) in [5.74, 6) is -0.801. The maximum Gasteiger partial charge on any atom is 0.326 e. The zero-order chi connectivity index (χ0) is 16.0. The third kappa shape index (κ3) is 5.17. The van der Waals surface area contributed by atoms with Crippen molar-refractivity contribution in [3.8, 4) is 0 Å². The predicted molar refractivity (Wildman–Crippen MR) is 71.6 cm³/mol. The molecular formula is C13H18N2O6. The monoisotopic (exact) mass is 298 g/mol. The number of furan rings is 1. The number of carbonyl (C=O) groups is 3. The normalized spacial score (nSPS) is 13.1. The molecule has 0 bridgehead atoms. The van der Waals surface area contributed by atoms with Crippen LogP contribution in [0.4, 0.5) is 4.79 Å². The van der Waals surface area contributed by atoms with Crippen molar-refractivity contribution in [1.29, 1.82) is 0 Å². The first-order valence-electron chi connectivity index (χ1n) is 6.26. The van der Waals surface area contributed by atoms with E-state index in [1.54, 1.807) is 26.0 Å². The van der Waals surface area contributed by atoms with Crippen molar-refractivity contribution in [1.82, 2.24) is 10.6 Å². The molecule has 116 valence electrons. The maximum absolute atomic E-state index is 11.7. The highest BCUT2D eigenvalue weighted by molar-refractivity contribution is 5.86. The lowest BCUT2D eigenvalue weighted by atomic mass is 10.2. The van der Waals surface area contributed by atoms with E-state index < -0.39 is 36.5 Å². The molecule has 1 unspecified atom stereocenters. The summed E-state index contributed by atoms with van der Waals surface area (Å²) in [6.07, 6.45) is -0.451. The van der Waals surface area contributed by atoms with Gasteiger partial charge in [0.15, 0.2) is 0 Å². The Kier molecular flexibility index (Phi) is 5.77. The van der Waals surface area contributed by atoms with Crippen LogP contribution in [-0.2, 0) is 14.3 Å². The van der Waals surface area contributed by atoms with Crippen LogP contribution in [0.3, 0.4) is 0 Å². The van der Waals surface area contributed by atoms with Gasteiger partial charge >= 0.3 is 18.0 Å². The third-order valence-electron chi connectivity index (χ3n) is 2.74. The van der Waals surface area contributed by atoms with Gasteiger partial charge in [0, 0.05) is 0 Å². The lowest BCUT2D eigenvalue weighted by molar-refractivity contribution is -0.147. The predicted octanol–water partition coefficient (Wildman–Crippen LogP) is 0.965. The highest BCUT2D eigenvalue weighted by atomic mass is 16.5. The molecule has 0 saturated carbocycles. The Morgan fingerprint density at radius 2 is 2.00 bits per heavy atom. The molecule has 1 aromatic rings. The summed E-state index contributed by atoms with van der Waals surface area (Å²) in [6, 6.07) is 0.952. The van der Waals surface area contributed by atoms with Gasteiger partial charge in [0.2, 0.25) is 0 Å². The van der Waals surface area contributed by atoms with E-state index in [0.29, 0.717) is 11.5 Å². The number of esters is 1. The number of urea groups is 1. The molecule has 0 saturated heterocycles. The van der Waals surface area contributed by atoms with Gasteiger partial charge in [-0.25, -0.2) is 9.59 Å². The Labute approximate surface area is 121 Å². The molecule has 0 radical (unpaired) electrons. The first-order valence-corrected chi connectivity index (χ1v) is 6.26. The molecule has 0 aliphatic heterocycles. The van der Waals surface area contributed by atoms with Gasteiger partial charge in [-0.2, -0.15) is 0 Å². The summed E-state index contributed by atoms with van der Waals surface area (Å²) >= 11 is 0. The molecule has 1 heterocycles. The van der Waals surface area contributed by atoms with Gasteiger partial charge in [-0.1, -0.05) is 0 Å². The molecule has 0 aliphatic rings. The fourth-order valence-corrected chi connectivity index (χ4v) is 1.60. The number of amides is 2. The highest BCUT2D eigenvalue weighted by Crippen LogP contribution is 2.15. The Morgan fingerprint density at radius 1 is 1.33 bits per heavy atom. The molecule has 8 heteroatoms. The number of ether oxygens (including phenoxy) is 1. The van der Waals surface area contributed by atoms with E-state index in [1.165, 1.54) is 0 Å². The second kappa shape index (κ2) is 7.32. The largest absolute Gasteiger partial charge is 0.480 e. The lowest BCUT2D eigenvalue weighted by Gasteiger charge is -2.16. The fourth-order valence-electron chi connectivity index (χ4n) is 1.60. The number of hydrogen-bond acceptors (Lipinski definition) is 5. The summed E-state index contributed by atoms with van der Waals surface area (Å²) in [5, 5.41) is 13.7. The minimum Gasteiger partial charge on any atom is -0.480 e. The van der Waals surface area contributed by atoms with E-state index in [9.17, 15) is 14.4 Å². The third-order valence-corrected chi connectivity index (χ3v) is 2.74. The quantitative estimate of drug-likeness (QED) is 0.673. The topological polar surface area (TPSA) is 118 Å². The van der Waals surface area contributed by atoms with Crippen LogP contribution in [-0.4, -0.2) is 36.2 Å². The average molecular weight is 298 g/mol. The van der Waals surface area contributed by atoms with Crippen LogP contribution in [0.25, 0.3) is 0 Å². The number of methoxy groups -OCH3 is 1. The van der Waals surface area contributed by atoms with Crippen molar-refractivity contribution in [2.24, 2.45) is 0 Å². The minimum atomic E-state index is -1.36. The summed E-state index contributed by atoms with van der Waals surface area (Å²) < 4.78 is 9.72. The molecule has 2 amide bonds. The van der Waals surface area contributed by atoms with Gasteiger partial charge in [0.25, 0.3) is 0 Å². The summed E-state index contributed by atoms with van der Waals surface area (Å²) in [6.45, 7) is 3.46. The molecular weight excluding hydrogens is 280 g/mol. The van der Waals surface area contributed by atoms with Crippen LogP contribution in [0, 0.1) is 6.92 Å². The first kappa shape index (κ1) is 16.5. The van der Waals surface area contributed by atoms with Crippen LogP contribution in [0.15, 0.2) is 16.5 Å². The molecule has 0 aromatic carbocycles. The van der Waals surface area contributed by atoms with Crippen molar-refractivity contribution >= 4 is 18.0 Å². The van der Waals surface area contributed by atoms with Gasteiger partial charge in [-0.3, -0.25) is 4.79 Å². The Bertz CT molecular complexity index is 524. The lowest BCUT2D eigenvalue weighted by Crippen LogP contribution is -2.47. The van der Waals surface area contributed by atoms with Gasteiger partial charge in [0.1, 0.15) is 17.6 Å². The van der Waals surface area contributed by atoms with Crippen molar-refractivity contribution < 1.29 is 28.6 Å². The molecule has 1 aromatic heterocycles. The van der Waals surface area contributed by atoms with Crippen LogP contribution >= 0.6 is 0 Å². The molecule has 3 N–H and O–H groups in total. The number of carbonyl (C=O) groups excluding carboxylic acids is 2. The molecule has 0 spiro atoms. The Hall–Kier alpha value is -2.51. The Balaban J connectivity index is 2.57. The minimum absolute atomic E-state index is 0.439. The zero-order valence-electron chi connectivity index (χ0n) is 12.0. The molecule has 0 aliphatic carbocycles. The van der Waals surface area contributed by atoms with E-state index in [0.717, 1.165) is 7.11 Å². The molecule has 21 heavy (non-hydrogen) atoms. The molecule has 1 rings (SSSR count). The SMILES string of the molecule is COC(=O)C[C@H](NC(=O)NC(C)c1ccc(C)o1)C(=O)O.